The van der Waals surface area contributed by atoms with E-state index in [9.17, 15) is 13.2 Å². The molecule has 0 unspecified atom stereocenters. The standard InChI is InChI=1S/C17H23N5O3S/c23-17-19-18-16(22(17)15-8-2-1-3-9-15)14-7-6-12-21(13-14)26(24,25)20-10-4-5-11-20/h1-3,8-9,14H,4-7,10-13H2,(H,19,23)/t14-/m1/s1. The number of piperidine rings is 1. The molecule has 1 N–H and O–H groups in total. The lowest BCUT2D eigenvalue weighted by atomic mass is 9.98. The molecule has 2 saturated heterocycles. The third-order valence-electron chi connectivity index (χ3n) is 5.18. The third kappa shape index (κ3) is 3.10. The molecule has 0 saturated carbocycles. The first-order valence-corrected chi connectivity index (χ1v) is 10.4. The Morgan fingerprint density at radius 1 is 1.00 bits per heavy atom. The molecule has 0 amide bonds. The highest BCUT2D eigenvalue weighted by molar-refractivity contribution is 7.86. The van der Waals surface area contributed by atoms with E-state index in [1.165, 1.54) is 0 Å². The van der Waals surface area contributed by atoms with E-state index in [2.05, 4.69) is 10.2 Å². The summed E-state index contributed by atoms with van der Waals surface area (Å²) in [6.45, 7) is 2.08. The predicted octanol–water partition coefficient (Wildman–Crippen LogP) is 1.08. The van der Waals surface area contributed by atoms with Gasteiger partial charge >= 0.3 is 5.69 Å². The number of hydrogen-bond acceptors (Lipinski definition) is 4. The largest absolute Gasteiger partial charge is 0.347 e. The van der Waals surface area contributed by atoms with Crippen LogP contribution >= 0.6 is 0 Å². The van der Waals surface area contributed by atoms with Gasteiger partial charge in [-0.25, -0.2) is 14.5 Å². The van der Waals surface area contributed by atoms with Crippen molar-refractivity contribution < 1.29 is 8.42 Å². The number of rotatable bonds is 4. The first-order chi connectivity index (χ1) is 12.6. The van der Waals surface area contributed by atoms with Crippen molar-refractivity contribution in [1.29, 1.82) is 0 Å². The molecule has 0 bridgehead atoms. The normalized spacial score (nSPS) is 22.7. The van der Waals surface area contributed by atoms with Gasteiger partial charge in [0.05, 0.1) is 5.69 Å². The van der Waals surface area contributed by atoms with E-state index in [-0.39, 0.29) is 11.6 Å². The van der Waals surface area contributed by atoms with Gasteiger partial charge < -0.3 is 0 Å². The van der Waals surface area contributed by atoms with Crippen molar-refractivity contribution in [3.05, 3.63) is 46.6 Å². The number of para-hydroxylation sites is 1. The van der Waals surface area contributed by atoms with Gasteiger partial charge in [0.25, 0.3) is 10.2 Å². The Morgan fingerprint density at radius 2 is 1.69 bits per heavy atom. The molecule has 8 nitrogen and oxygen atoms in total. The van der Waals surface area contributed by atoms with E-state index in [4.69, 9.17) is 0 Å². The van der Waals surface area contributed by atoms with Gasteiger partial charge in [-0.05, 0) is 37.8 Å². The van der Waals surface area contributed by atoms with E-state index in [0.29, 0.717) is 32.0 Å². The van der Waals surface area contributed by atoms with Crippen molar-refractivity contribution in [3.63, 3.8) is 0 Å². The molecule has 1 aromatic heterocycles. The molecule has 2 aliphatic heterocycles. The van der Waals surface area contributed by atoms with Crippen LogP contribution in [-0.2, 0) is 10.2 Å². The highest BCUT2D eigenvalue weighted by atomic mass is 32.2. The maximum atomic E-state index is 12.9. The van der Waals surface area contributed by atoms with Gasteiger partial charge in [0.15, 0.2) is 0 Å². The number of aromatic amines is 1. The van der Waals surface area contributed by atoms with Gasteiger partial charge in [0, 0.05) is 32.1 Å². The number of H-pyrrole nitrogens is 1. The molecule has 2 aliphatic rings. The summed E-state index contributed by atoms with van der Waals surface area (Å²) in [5, 5.41) is 6.74. The predicted molar refractivity (Wildman–Crippen MR) is 97.5 cm³/mol. The third-order valence-corrected chi connectivity index (χ3v) is 7.18. The monoisotopic (exact) mass is 377 g/mol. The Bertz CT molecular complexity index is 915. The minimum Gasteiger partial charge on any atom is -0.247 e. The first-order valence-electron chi connectivity index (χ1n) is 9.05. The second-order valence-corrected chi connectivity index (χ2v) is 8.80. The van der Waals surface area contributed by atoms with Crippen LogP contribution in [0.25, 0.3) is 5.69 Å². The van der Waals surface area contributed by atoms with Gasteiger partial charge in [-0.1, -0.05) is 18.2 Å². The zero-order valence-corrected chi connectivity index (χ0v) is 15.4. The van der Waals surface area contributed by atoms with Crippen LogP contribution in [0.5, 0.6) is 0 Å². The molecule has 0 aliphatic carbocycles. The molecule has 1 aromatic carbocycles. The minimum atomic E-state index is -3.43. The van der Waals surface area contributed by atoms with Gasteiger partial charge in [-0.15, -0.1) is 0 Å². The summed E-state index contributed by atoms with van der Waals surface area (Å²) >= 11 is 0. The molecule has 2 fully saturated rings. The summed E-state index contributed by atoms with van der Waals surface area (Å²) in [7, 11) is -3.43. The smallest absolute Gasteiger partial charge is 0.247 e. The van der Waals surface area contributed by atoms with Crippen molar-refractivity contribution in [1.82, 2.24) is 23.4 Å². The summed E-state index contributed by atoms with van der Waals surface area (Å²) in [4.78, 5) is 12.3. The van der Waals surface area contributed by atoms with E-state index in [1.807, 2.05) is 30.3 Å². The van der Waals surface area contributed by atoms with E-state index in [0.717, 1.165) is 31.4 Å². The van der Waals surface area contributed by atoms with E-state index in [1.54, 1.807) is 13.2 Å². The average Bonchev–Trinajstić information content (AvgIpc) is 3.33. The molecule has 9 heteroatoms. The molecular formula is C17H23N5O3S. The zero-order valence-electron chi connectivity index (χ0n) is 14.5. The van der Waals surface area contributed by atoms with E-state index < -0.39 is 10.2 Å². The van der Waals surface area contributed by atoms with Crippen molar-refractivity contribution in [2.24, 2.45) is 0 Å². The van der Waals surface area contributed by atoms with Crippen molar-refractivity contribution in [2.45, 2.75) is 31.6 Å². The van der Waals surface area contributed by atoms with Crippen molar-refractivity contribution in [3.8, 4) is 5.69 Å². The Balaban J connectivity index is 1.62. The van der Waals surface area contributed by atoms with Crippen LogP contribution in [0.3, 0.4) is 0 Å². The highest BCUT2D eigenvalue weighted by Gasteiger charge is 2.36. The lowest BCUT2D eigenvalue weighted by Crippen LogP contribution is -2.47. The van der Waals surface area contributed by atoms with Gasteiger partial charge in [0.2, 0.25) is 0 Å². The summed E-state index contributed by atoms with van der Waals surface area (Å²) < 4.78 is 30.4. The Hall–Kier alpha value is -1.97. The number of aromatic nitrogens is 3. The summed E-state index contributed by atoms with van der Waals surface area (Å²) in [6.07, 6.45) is 3.41. The fourth-order valence-electron chi connectivity index (χ4n) is 3.85. The molecule has 0 spiro atoms. The number of nitrogens with zero attached hydrogens (tertiary/aromatic N) is 4. The summed E-state index contributed by atoms with van der Waals surface area (Å²) in [5.74, 6) is 0.489. The van der Waals surface area contributed by atoms with Crippen LogP contribution in [0.4, 0.5) is 0 Å². The number of hydrogen-bond donors (Lipinski definition) is 1. The fourth-order valence-corrected chi connectivity index (χ4v) is 5.63. The quantitative estimate of drug-likeness (QED) is 0.863. The molecule has 26 heavy (non-hydrogen) atoms. The maximum Gasteiger partial charge on any atom is 0.347 e. The lowest BCUT2D eigenvalue weighted by Gasteiger charge is -2.33. The Morgan fingerprint density at radius 3 is 2.42 bits per heavy atom. The van der Waals surface area contributed by atoms with E-state index >= 15 is 0 Å². The van der Waals surface area contributed by atoms with Crippen LogP contribution in [0.15, 0.2) is 35.1 Å². The summed E-state index contributed by atoms with van der Waals surface area (Å²) in [5.41, 5.74) is 0.437. The maximum absolute atomic E-state index is 12.9. The molecule has 140 valence electrons. The summed E-state index contributed by atoms with van der Waals surface area (Å²) in [6, 6.07) is 9.32. The lowest BCUT2D eigenvalue weighted by molar-refractivity contribution is 0.286. The Kier molecular flexibility index (Phi) is 4.68. The molecule has 0 radical (unpaired) electrons. The van der Waals surface area contributed by atoms with Crippen molar-refractivity contribution in [2.75, 3.05) is 26.2 Å². The van der Waals surface area contributed by atoms with Crippen LogP contribution < -0.4 is 5.69 Å². The number of nitrogens with one attached hydrogen (secondary N) is 1. The van der Waals surface area contributed by atoms with Gasteiger partial charge in [-0.2, -0.15) is 22.1 Å². The second-order valence-electron chi connectivity index (χ2n) is 6.87. The van der Waals surface area contributed by atoms with Crippen LogP contribution in [-0.4, -0.2) is 58.0 Å². The molecule has 3 heterocycles. The Labute approximate surface area is 152 Å². The van der Waals surface area contributed by atoms with Gasteiger partial charge in [-0.3, -0.25) is 0 Å². The van der Waals surface area contributed by atoms with Gasteiger partial charge in [0.1, 0.15) is 5.82 Å². The molecule has 1 atom stereocenters. The van der Waals surface area contributed by atoms with Crippen molar-refractivity contribution >= 4 is 10.2 Å². The van der Waals surface area contributed by atoms with Crippen LogP contribution in [0.1, 0.15) is 37.4 Å². The highest BCUT2D eigenvalue weighted by Crippen LogP contribution is 2.29. The average molecular weight is 377 g/mol. The zero-order chi connectivity index (χ0) is 18.1. The molecular weight excluding hydrogens is 354 g/mol. The van der Waals surface area contributed by atoms with Crippen LogP contribution in [0.2, 0.25) is 0 Å². The minimum absolute atomic E-state index is 0.111. The number of benzene rings is 1. The molecule has 2 aromatic rings. The molecule has 4 rings (SSSR count). The topological polar surface area (TPSA) is 91.3 Å². The van der Waals surface area contributed by atoms with Crippen LogP contribution in [0, 0.1) is 0 Å². The second kappa shape index (κ2) is 6.98. The first kappa shape index (κ1) is 17.4. The fraction of sp³-hybridized carbons (Fsp3) is 0.529. The SMILES string of the molecule is O=c1[nH]nc([C@@H]2CCCN(S(=O)(=O)N3CCCC3)C2)n1-c1ccccc1.